The van der Waals surface area contributed by atoms with Gasteiger partial charge in [-0.25, -0.2) is 8.42 Å². The van der Waals surface area contributed by atoms with Crippen molar-refractivity contribution in [2.24, 2.45) is 5.73 Å². The zero-order valence-electron chi connectivity index (χ0n) is 15.9. The molecule has 1 saturated heterocycles. The molecule has 0 unspecified atom stereocenters. The number of hydrogen-bond donors (Lipinski definition) is 2. The molecule has 164 valence electrons. The van der Waals surface area contributed by atoms with Crippen LogP contribution in [0.5, 0.6) is 5.75 Å². The van der Waals surface area contributed by atoms with E-state index in [-0.39, 0.29) is 24.0 Å². The van der Waals surface area contributed by atoms with E-state index in [2.05, 4.69) is 10.1 Å². The number of primary amides is 1. The summed E-state index contributed by atoms with van der Waals surface area (Å²) >= 11 is 0. The molecule has 12 heteroatoms. The highest BCUT2D eigenvalue weighted by Gasteiger charge is 2.34. The zero-order valence-corrected chi connectivity index (χ0v) is 16.7. The van der Waals surface area contributed by atoms with Gasteiger partial charge in [-0.3, -0.25) is 9.59 Å². The van der Waals surface area contributed by atoms with E-state index in [1.165, 1.54) is 12.1 Å². The van der Waals surface area contributed by atoms with Gasteiger partial charge in [0.2, 0.25) is 5.91 Å². The number of carbonyl (C=O) groups is 2. The molecule has 0 atom stereocenters. The number of sulfone groups is 1. The first kappa shape index (κ1) is 23.5. The van der Waals surface area contributed by atoms with E-state index >= 15 is 0 Å². The van der Waals surface area contributed by atoms with Crippen LogP contribution in [0.25, 0.3) is 0 Å². The van der Waals surface area contributed by atoms with Crippen molar-refractivity contribution in [2.45, 2.75) is 37.2 Å². The largest absolute Gasteiger partial charge is 0.434 e. The van der Waals surface area contributed by atoms with Crippen molar-refractivity contribution in [1.82, 2.24) is 5.32 Å². The fourth-order valence-electron chi connectivity index (χ4n) is 2.99. The van der Waals surface area contributed by atoms with Crippen molar-refractivity contribution in [1.29, 1.82) is 5.26 Å². The minimum Gasteiger partial charge on any atom is -0.434 e. The van der Waals surface area contributed by atoms with Gasteiger partial charge in [-0.1, -0.05) is 12.1 Å². The van der Waals surface area contributed by atoms with Crippen LogP contribution in [0.2, 0.25) is 0 Å². The lowest BCUT2D eigenvalue weighted by molar-refractivity contribution is -0.123. The highest BCUT2D eigenvalue weighted by atomic mass is 32.2. The number of benzene rings is 1. The van der Waals surface area contributed by atoms with E-state index in [1.807, 2.05) is 6.07 Å². The summed E-state index contributed by atoms with van der Waals surface area (Å²) < 4.78 is 59.8. The maximum atomic E-state index is 12.7. The van der Waals surface area contributed by atoms with Crippen molar-refractivity contribution < 1.29 is 36.3 Å². The Balaban J connectivity index is 2.08. The van der Waals surface area contributed by atoms with Crippen molar-refractivity contribution in [3.63, 3.8) is 0 Å². The highest BCUT2D eigenvalue weighted by Crippen LogP contribution is 2.28. The van der Waals surface area contributed by atoms with E-state index < -0.39 is 57.5 Å². The number of nitrogens with zero attached hydrogens (tertiary/aromatic N) is 1. The number of ether oxygens (including phenoxy) is 2. The summed E-state index contributed by atoms with van der Waals surface area (Å²) in [5, 5.41) is 11.9. The number of carbonyl (C=O) groups excluding carboxylic acids is 2. The molecule has 0 aliphatic carbocycles. The van der Waals surface area contributed by atoms with E-state index in [0.29, 0.717) is 13.2 Å². The Kier molecular flexibility index (Phi) is 7.69. The number of amides is 2. The van der Waals surface area contributed by atoms with Crippen LogP contribution in [0.3, 0.4) is 0 Å². The molecule has 1 aromatic rings. The van der Waals surface area contributed by atoms with Crippen LogP contribution in [0.15, 0.2) is 18.2 Å². The summed E-state index contributed by atoms with van der Waals surface area (Å²) in [6.45, 7) is -2.69. The molecule has 1 fully saturated rings. The lowest BCUT2D eigenvalue weighted by Crippen LogP contribution is -2.51. The second-order valence-corrected chi connectivity index (χ2v) is 8.92. The van der Waals surface area contributed by atoms with Gasteiger partial charge < -0.3 is 20.5 Å². The molecule has 1 aromatic carbocycles. The Morgan fingerprint density at radius 2 is 2.00 bits per heavy atom. The molecule has 1 aliphatic rings. The molecule has 0 radical (unpaired) electrons. The van der Waals surface area contributed by atoms with E-state index in [1.54, 1.807) is 0 Å². The lowest BCUT2D eigenvalue weighted by Gasteiger charge is -2.31. The summed E-state index contributed by atoms with van der Waals surface area (Å²) in [6.07, 6.45) is 0.152. The van der Waals surface area contributed by atoms with Crippen LogP contribution in [0.1, 0.15) is 35.2 Å². The van der Waals surface area contributed by atoms with Crippen molar-refractivity contribution in [3.05, 3.63) is 29.3 Å². The number of rotatable bonds is 9. The highest BCUT2D eigenvalue weighted by molar-refractivity contribution is 7.90. The number of para-hydroxylation sites is 1. The van der Waals surface area contributed by atoms with E-state index in [0.717, 1.165) is 6.07 Å². The van der Waals surface area contributed by atoms with Gasteiger partial charge in [-0.05, 0) is 6.07 Å². The molecular formula is C18H21F2N3O6S. The third kappa shape index (κ3) is 6.36. The van der Waals surface area contributed by atoms with Crippen molar-refractivity contribution in [3.8, 4) is 11.8 Å². The second-order valence-electron chi connectivity index (χ2n) is 6.73. The van der Waals surface area contributed by atoms with Crippen LogP contribution in [-0.2, 0) is 25.1 Å². The monoisotopic (exact) mass is 445 g/mol. The normalized spacial score (nSPS) is 15.9. The quantitative estimate of drug-likeness (QED) is 0.573. The first-order valence-electron chi connectivity index (χ1n) is 8.94. The van der Waals surface area contributed by atoms with Crippen LogP contribution >= 0.6 is 0 Å². The van der Waals surface area contributed by atoms with Crippen molar-refractivity contribution >= 4 is 21.7 Å². The van der Waals surface area contributed by atoms with E-state index in [4.69, 9.17) is 10.5 Å². The number of nitriles is 1. The van der Waals surface area contributed by atoms with Crippen LogP contribution < -0.4 is 15.8 Å². The fraction of sp³-hybridized carbons (Fsp3) is 0.500. The SMILES string of the molecule is N#CC1(NC(=O)CCS(=O)(=O)Cc2cccc(C(N)=O)c2OC(F)F)CCOCC1. The first-order valence-corrected chi connectivity index (χ1v) is 10.8. The number of nitrogens with two attached hydrogens (primary N) is 1. The van der Waals surface area contributed by atoms with Gasteiger partial charge in [0.05, 0.1) is 23.1 Å². The third-order valence-corrected chi connectivity index (χ3v) is 6.10. The van der Waals surface area contributed by atoms with Gasteiger partial charge in [-0.2, -0.15) is 14.0 Å². The average Bonchev–Trinajstić information content (AvgIpc) is 2.68. The maximum absolute atomic E-state index is 12.7. The van der Waals surface area contributed by atoms with Gasteiger partial charge in [0, 0.05) is 38.0 Å². The predicted octanol–water partition coefficient (Wildman–Crippen LogP) is 0.881. The van der Waals surface area contributed by atoms with Gasteiger partial charge in [0.1, 0.15) is 11.3 Å². The predicted molar refractivity (Wildman–Crippen MR) is 100 cm³/mol. The number of halogens is 2. The zero-order chi connectivity index (χ0) is 22.4. The third-order valence-electron chi connectivity index (χ3n) is 4.52. The van der Waals surface area contributed by atoms with Gasteiger partial charge in [0.25, 0.3) is 5.91 Å². The molecule has 1 aliphatic heterocycles. The number of hydrogen-bond acceptors (Lipinski definition) is 7. The average molecular weight is 445 g/mol. The Morgan fingerprint density at radius 1 is 1.33 bits per heavy atom. The summed E-state index contributed by atoms with van der Waals surface area (Å²) in [7, 11) is -3.94. The Hall–Kier alpha value is -2.78. The van der Waals surface area contributed by atoms with Gasteiger partial charge >= 0.3 is 6.61 Å². The molecule has 0 aromatic heterocycles. The van der Waals surface area contributed by atoms with Gasteiger partial charge in [-0.15, -0.1) is 0 Å². The molecule has 3 N–H and O–H groups in total. The smallest absolute Gasteiger partial charge is 0.387 e. The topological polar surface area (TPSA) is 149 Å². The minimum absolute atomic E-state index is 0.176. The number of nitrogens with one attached hydrogen (secondary N) is 1. The molecule has 1 heterocycles. The van der Waals surface area contributed by atoms with Crippen LogP contribution in [-0.4, -0.2) is 51.3 Å². The lowest BCUT2D eigenvalue weighted by atomic mass is 9.91. The molecule has 2 rings (SSSR count). The Labute approximate surface area is 172 Å². The Morgan fingerprint density at radius 3 is 2.57 bits per heavy atom. The fourth-order valence-corrected chi connectivity index (χ4v) is 4.33. The molecular weight excluding hydrogens is 424 g/mol. The van der Waals surface area contributed by atoms with Gasteiger partial charge in [0.15, 0.2) is 9.84 Å². The second kappa shape index (κ2) is 9.82. The summed E-state index contributed by atoms with van der Waals surface area (Å²) in [5.41, 5.74) is 3.48. The van der Waals surface area contributed by atoms with Crippen LogP contribution in [0.4, 0.5) is 8.78 Å². The summed E-state index contributed by atoms with van der Waals surface area (Å²) in [6, 6.07) is 5.68. The maximum Gasteiger partial charge on any atom is 0.387 e. The molecule has 0 spiro atoms. The number of alkyl halides is 2. The summed E-state index contributed by atoms with van der Waals surface area (Å²) in [5.74, 6) is -3.62. The minimum atomic E-state index is -3.94. The van der Waals surface area contributed by atoms with Crippen molar-refractivity contribution in [2.75, 3.05) is 19.0 Å². The molecule has 9 nitrogen and oxygen atoms in total. The molecule has 30 heavy (non-hydrogen) atoms. The summed E-state index contributed by atoms with van der Waals surface area (Å²) in [4.78, 5) is 23.6. The molecule has 0 saturated carbocycles. The Bertz CT molecular complexity index is 940. The van der Waals surface area contributed by atoms with E-state index in [9.17, 15) is 32.0 Å². The standard InChI is InChI=1S/C18H21F2N3O6S/c19-17(20)29-15-12(2-1-3-13(15)16(22)25)10-30(26,27)9-4-14(24)23-18(11-21)5-7-28-8-6-18/h1-3,17H,4-10H2,(H2,22,25)(H,23,24). The van der Waals surface area contributed by atoms with Crippen LogP contribution in [0, 0.1) is 11.3 Å². The first-order chi connectivity index (χ1) is 14.1. The molecule has 2 amide bonds. The molecule has 0 bridgehead atoms.